The molecular weight excluding hydrogens is 500 g/mol. The summed E-state index contributed by atoms with van der Waals surface area (Å²) in [6.07, 6.45) is 0. The number of hydrogen-bond donors (Lipinski definition) is 0. The highest BCUT2D eigenvalue weighted by Crippen LogP contribution is 2.27. The van der Waals surface area contributed by atoms with Crippen LogP contribution in [0.5, 0.6) is 11.5 Å². The van der Waals surface area contributed by atoms with Crippen molar-refractivity contribution in [3.63, 3.8) is 0 Å². The number of rotatable bonds is 8. The van der Waals surface area contributed by atoms with E-state index in [1.165, 1.54) is 16.4 Å². The molecule has 11 heteroatoms. The van der Waals surface area contributed by atoms with Gasteiger partial charge in [0.2, 0.25) is 0 Å². The number of thioether (sulfide) groups is 1. The summed E-state index contributed by atoms with van der Waals surface area (Å²) in [5, 5.41) is 18.6. The molecule has 0 aliphatic heterocycles. The van der Waals surface area contributed by atoms with Gasteiger partial charge in [0, 0.05) is 5.02 Å². The number of benzene rings is 3. The fourth-order valence-corrected chi connectivity index (χ4v) is 4.53. The molecule has 0 amide bonds. The van der Waals surface area contributed by atoms with Crippen molar-refractivity contribution < 1.29 is 9.47 Å². The van der Waals surface area contributed by atoms with Crippen LogP contribution in [0.1, 0.15) is 11.4 Å². The Balaban J connectivity index is 1.44. The zero-order valence-corrected chi connectivity index (χ0v) is 21.0. The predicted molar refractivity (Wildman–Crippen MR) is 138 cm³/mol. The van der Waals surface area contributed by atoms with Gasteiger partial charge >= 0.3 is 0 Å². The van der Waals surface area contributed by atoms with Crippen molar-refractivity contribution in [2.24, 2.45) is 0 Å². The molecule has 36 heavy (non-hydrogen) atoms. The van der Waals surface area contributed by atoms with E-state index >= 15 is 0 Å². The predicted octanol–water partition coefficient (Wildman–Crippen LogP) is 4.67. The molecule has 2 heterocycles. The van der Waals surface area contributed by atoms with Crippen LogP contribution < -0.4 is 15.0 Å². The number of fused-ring (bicyclic) bond motifs is 1. The third kappa shape index (κ3) is 4.91. The normalized spacial score (nSPS) is 11.1. The van der Waals surface area contributed by atoms with Gasteiger partial charge in [0.25, 0.3) is 5.56 Å². The summed E-state index contributed by atoms with van der Waals surface area (Å²) in [7, 11) is 1.61. The van der Waals surface area contributed by atoms with Crippen LogP contribution in [0.15, 0.2) is 76.7 Å². The molecule has 5 rings (SSSR count). The molecule has 182 valence electrons. The molecule has 0 aliphatic carbocycles. The number of hydrogen-bond acceptors (Lipinski definition) is 8. The summed E-state index contributed by atoms with van der Waals surface area (Å²) < 4.78 is 14.3. The van der Waals surface area contributed by atoms with Crippen LogP contribution in [0.2, 0.25) is 5.02 Å². The van der Waals surface area contributed by atoms with E-state index in [1.807, 2.05) is 60.0 Å². The Hall–Kier alpha value is -3.89. The van der Waals surface area contributed by atoms with E-state index in [2.05, 4.69) is 20.5 Å². The average Bonchev–Trinajstić information content (AvgIpc) is 3.32. The smallest absolute Gasteiger partial charge is 0.278 e. The Kier molecular flexibility index (Phi) is 6.88. The highest BCUT2D eigenvalue weighted by Gasteiger charge is 2.17. The molecule has 0 fully saturated rings. The van der Waals surface area contributed by atoms with Crippen molar-refractivity contribution >= 4 is 34.3 Å². The Bertz CT molecular complexity index is 1590. The first-order valence-corrected chi connectivity index (χ1v) is 12.3. The van der Waals surface area contributed by atoms with E-state index in [1.54, 1.807) is 25.3 Å². The Labute approximate surface area is 215 Å². The van der Waals surface area contributed by atoms with Gasteiger partial charge < -0.3 is 9.47 Å². The van der Waals surface area contributed by atoms with Crippen molar-refractivity contribution in [3.8, 4) is 17.2 Å². The Morgan fingerprint density at radius 1 is 0.972 bits per heavy atom. The number of ether oxygens (including phenoxy) is 2. The second-order valence-corrected chi connectivity index (χ2v) is 9.14. The summed E-state index contributed by atoms with van der Waals surface area (Å²) >= 11 is 7.73. The SMILES string of the molecule is COc1ccc(OCc2nnc(SCn3nnc4ccccc4c3=O)n2-c2ccc(C)c(Cl)c2)cc1. The molecule has 0 N–H and O–H groups in total. The minimum absolute atomic E-state index is 0.168. The van der Waals surface area contributed by atoms with Crippen LogP contribution >= 0.6 is 23.4 Å². The van der Waals surface area contributed by atoms with Gasteiger partial charge in [0.1, 0.15) is 23.6 Å². The quantitative estimate of drug-likeness (QED) is 0.272. The van der Waals surface area contributed by atoms with Gasteiger partial charge in [-0.25, -0.2) is 0 Å². The molecule has 2 aromatic heterocycles. The second kappa shape index (κ2) is 10.4. The van der Waals surface area contributed by atoms with Crippen molar-refractivity contribution in [1.29, 1.82) is 0 Å². The summed E-state index contributed by atoms with van der Waals surface area (Å²) in [6, 6.07) is 20.1. The molecule has 0 bridgehead atoms. The molecule has 0 saturated carbocycles. The zero-order chi connectivity index (χ0) is 25.1. The first kappa shape index (κ1) is 23.8. The van der Waals surface area contributed by atoms with Crippen molar-refractivity contribution in [1.82, 2.24) is 29.8 Å². The van der Waals surface area contributed by atoms with E-state index in [9.17, 15) is 4.79 Å². The second-order valence-electron chi connectivity index (χ2n) is 7.82. The number of halogens is 1. The third-order valence-electron chi connectivity index (χ3n) is 5.49. The lowest BCUT2D eigenvalue weighted by Gasteiger charge is -2.12. The maximum absolute atomic E-state index is 12.9. The van der Waals surface area contributed by atoms with Crippen LogP contribution in [0.25, 0.3) is 16.6 Å². The van der Waals surface area contributed by atoms with E-state index in [-0.39, 0.29) is 18.0 Å². The van der Waals surface area contributed by atoms with Gasteiger partial charge in [-0.15, -0.1) is 15.3 Å². The molecular formula is C25H21ClN6O3S. The largest absolute Gasteiger partial charge is 0.497 e. The van der Waals surface area contributed by atoms with Crippen LogP contribution in [-0.4, -0.2) is 36.9 Å². The first-order chi connectivity index (χ1) is 17.5. The number of aryl methyl sites for hydroxylation is 1. The van der Waals surface area contributed by atoms with Crippen LogP contribution in [0, 0.1) is 6.92 Å². The summed E-state index contributed by atoms with van der Waals surface area (Å²) in [5.74, 6) is 2.18. The maximum Gasteiger partial charge on any atom is 0.278 e. The lowest BCUT2D eigenvalue weighted by molar-refractivity contribution is 0.292. The van der Waals surface area contributed by atoms with Crippen LogP contribution in [0.4, 0.5) is 0 Å². The summed E-state index contributed by atoms with van der Waals surface area (Å²) in [6.45, 7) is 2.10. The van der Waals surface area contributed by atoms with Gasteiger partial charge in [-0.05, 0) is 61.0 Å². The topological polar surface area (TPSA) is 97.0 Å². The van der Waals surface area contributed by atoms with Gasteiger partial charge in [-0.3, -0.25) is 9.36 Å². The van der Waals surface area contributed by atoms with Crippen molar-refractivity contribution in [2.45, 2.75) is 24.6 Å². The number of nitrogens with zero attached hydrogens (tertiary/aromatic N) is 6. The summed E-state index contributed by atoms with van der Waals surface area (Å²) in [5.41, 5.74) is 2.07. The minimum Gasteiger partial charge on any atom is -0.497 e. The first-order valence-electron chi connectivity index (χ1n) is 11.0. The fraction of sp³-hybridized carbons (Fsp3) is 0.160. The average molecular weight is 521 g/mol. The van der Waals surface area contributed by atoms with E-state index in [4.69, 9.17) is 21.1 Å². The van der Waals surface area contributed by atoms with E-state index in [0.717, 1.165) is 17.0 Å². The molecule has 0 unspecified atom stereocenters. The van der Waals surface area contributed by atoms with Gasteiger partial charge in [-0.1, -0.05) is 46.8 Å². The lowest BCUT2D eigenvalue weighted by atomic mass is 10.2. The molecule has 3 aromatic carbocycles. The van der Waals surface area contributed by atoms with Crippen LogP contribution in [0.3, 0.4) is 0 Å². The zero-order valence-electron chi connectivity index (χ0n) is 19.5. The Morgan fingerprint density at radius 2 is 1.75 bits per heavy atom. The molecule has 0 saturated heterocycles. The number of methoxy groups -OCH3 is 1. The lowest BCUT2D eigenvalue weighted by Crippen LogP contribution is -2.23. The van der Waals surface area contributed by atoms with E-state index in [0.29, 0.717) is 32.7 Å². The number of aromatic nitrogens is 6. The van der Waals surface area contributed by atoms with E-state index < -0.39 is 0 Å². The summed E-state index contributed by atoms with van der Waals surface area (Å²) in [4.78, 5) is 12.9. The highest BCUT2D eigenvalue weighted by molar-refractivity contribution is 7.98. The van der Waals surface area contributed by atoms with Gasteiger partial charge in [-0.2, -0.15) is 4.68 Å². The standard InChI is InChI=1S/C25H21ClN6O3S/c1-16-7-8-17(13-21(16)26)32-23(14-35-19-11-9-18(34-2)10-12-19)28-29-25(32)36-15-31-24(33)20-5-3-4-6-22(20)27-30-31/h3-13H,14-15H2,1-2H3. The highest BCUT2D eigenvalue weighted by atomic mass is 35.5. The molecule has 5 aromatic rings. The fourth-order valence-electron chi connectivity index (χ4n) is 3.51. The molecule has 9 nitrogen and oxygen atoms in total. The molecule has 0 aliphatic rings. The molecule has 0 spiro atoms. The minimum atomic E-state index is -0.222. The monoisotopic (exact) mass is 520 g/mol. The maximum atomic E-state index is 12.9. The van der Waals surface area contributed by atoms with Gasteiger partial charge in [0.05, 0.1) is 24.1 Å². The third-order valence-corrected chi connectivity index (χ3v) is 6.79. The Morgan fingerprint density at radius 3 is 2.53 bits per heavy atom. The van der Waals surface area contributed by atoms with Crippen molar-refractivity contribution in [3.05, 3.63) is 93.5 Å². The molecule has 0 radical (unpaired) electrons. The van der Waals surface area contributed by atoms with Gasteiger partial charge in [0.15, 0.2) is 11.0 Å². The molecule has 0 atom stereocenters. The van der Waals surface area contributed by atoms with Crippen LogP contribution in [-0.2, 0) is 12.5 Å². The van der Waals surface area contributed by atoms with Crippen molar-refractivity contribution in [2.75, 3.05) is 7.11 Å².